The molecule has 0 aliphatic rings. The van der Waals surface area contributed by atoms with Crippen LogP contribution in [0.25, 0.3) is 0 Å². The Labute approximate surface area is 56.6 Å². The lowest BCUT2D eigenvalue weighted by atomic mass is 10.8. The van der Waals surface area contributed by atoms with Crippen LogP contribution < -0.4 is 0 Å². The molecule has 0 saturated heterocycles. The van der Waals surface area contributed by atoms with Crippen molar-refractivity contribution in [2.75, 3.05) is 13.7 Å². The molecule has 0 saturated carbocycles. The predicted octanol–water partition coefficient (Wildman–Crippen LogP) is 0.505. The van der Waals surface area contributed by atoms with E-state index >= 15 is 0 Å². The average Bonchev–Trinajstić information content (AvgIpc) is 1.72. The first-order valence-corrected chi connectivity index (χ1v) is 2.35. The molecule has 0 aromatic heterocycles. The van der Waals surface area contributed by atoms with E-state index in [4.69, 9.17) is 5.11 Å². The van der Waals surface area contributed by atoms with Crippen molar-refractivity contribution in [2.24, 2.45) is 0 Å². The minimum atomic E-state index is -0.211. The number of aliphatic hydroxyl groups excluding tert-OH is 1. The maximum Gasteiger partial charge on any atom is 0.302 e. The molecule has 2 radical (unpaired) electrons. The van der Waals surface area contributed by atoms with Crippen LogP contribution in [0.4, 0.5) is 0 Å². The van der Waals surface area contributed by atoms with Gasteiger partial charge in [-0.3, -0.25) is 4.79 Å². The number of carbonyl (C=O) groups excluding carboxylic acids is 1. The van der Waals surface area contributed by atoms with Gasteiger partial charge in [-0.15, -0.1) is 0 Å². The van der Waals surface area contributed by atoms with E-state index < -0.39 is 0 Å². The molecule has 3 nitrogen and oxygen atoms in total. The van der Waals surface area contributed by atoms with Gasteiger partial charge < -0.3 is 9.84 Å². The average molecular weight is 134 g/mol. The van der Waals surface area contributed by atoms with Crippen LogP contribution in [0.5, 0.6) is 0 Å². The summed E-state index contributed by atoms with van der Waals surface area (Å²) in [6.07, 6.45) is 0. The number of hydrogen-bond donors (Lipinski definition) is 1. The number of carbonyl (C=O) groups is 1. The SMILES string of the molecule is CCOC(C)=O.CO.[CH2]. The Kier molecular flexibility index (Phi) is 27.5. The minimum Gasteiger partial charge on any atom is -0.466 e. The molecular weight excluding hydrogens is 120 g/mol. The lowest BCUT2D eigenvalue weighted by Crippen LogP contribution is -1.95. The van der Waals surface area contributed by atoms with E-state index in [1.54, 1.807) is 6.92 Å². The third kappa shape index (κ3) is 37.1. The van der Waals surface area contributed by atoms with Crippen LogP contribution in [-0.2, 0) is 9.53 Å². The Hall–Kier alpha value is -0.570. The fraction of sp³-hybridized carbons (Fsp3) is 0.667. The van der Waals surface area contributed by atoms with Crippen LogP contribution in [0.15, 0.2) is 0 Å². The van der Waals surface area contributed by atoms with Crippen molar-refractivity contribution in [1.82, 2.24) is 0 Å². The molecule has 0 heterocycles. The van der Waals surface area contributed by atoms with E-state index in [1.165, 1.54) is 6.92 Å². The number of hydrogen-bond acceptors (Lipinski definition) is 3. The molecule has 56 valence electrons. The van der Waals surface area contributed by atoms with Gasteiger partial charge >= 0.3 is 5.97 Å². The highest BCUT2D eigenvalue weighted by molar-refractivity contribution is 5.65. The highest BCUT2D eigenvalue weighted by Crippen LogP contribution is 1.69. The van der Waals surface area contributed by atoms with Crippen molar-refractivity contribution in [2.45, 2.75) is 13.8 Å². The summed E-state index contributed by atoms with van der Waals surface area (Å²) in [5, 5.41) is 7.00. The standard InChI is InChI=1S/C4H8O2.CH4O.CH2/c1-3-6-4(2)5;1-2;/h3H2,1-2H3;2H,1H3;1H2. The van der Waals surface area contributed by atoms with Crippen LogP contribution >= 0.6 is 0 Å². The van der Waals surface area contributed by atoms with Crippen molar-refractivity contribution < 1.29 is 14.6 Å². The topological polar surface area (TPSA) is 46.5 Å². The van der Waals surface area contributed by atoms with Crippen LogP contribution in [0.2, 0.25) is 0 Å². The molecule has 0 atom stereocenters. The highest BCUT2D eigenvalue weighted by Gasteiger charge is 1.81. The van der Waals surface area contributed by atoms with Crippen molar-refractivity contribution in [3.63, 3.8) is 0 Å². The molecule has 0 aliphatic carbocycles. The monoisotopic (exact) mass is 134 g/mol. The maximum absolute atomic E-state index is 9.82. The van der Waals surface area contributed by atoms with E-state index in [-0.39, 0.29) is 13.4 Å². The zero-order valence-corrected chi connectivity index (χ0v) is 6.18. The van der Waals surface area contributed by atoms with Crippen LogP contribution in [0.3, 0.4) is 0 Å². The van der Waals surface area contributed by atoms with Crippen molar-refractivity contribution in [3.05, 3.63) is 7.43 Å². The van der Waals surface area contributed by atoms with E-state index in [0.717, 1.165) is 7.11 Å². The summed E-state index contributed by atoms with van der Waals surface area (Å²) in [6, 6.07) is 0. The Bertz CT molecular complexity index is 52.3. The number of aliphatic hydroxyl groups is 1. The molecular formula is C6H14O3. The van der Waals surface area contributed by atoms with Gasteiger partial charge in [0.25, 0.3) is 0 Å². The summed E-state index contributed by atoms with van der Waals surface area (Å²) in [4.78, 5) is 9.82. The molecule has 0 aromatic carbocycles. The Morgan fingerprint density at radius 2 is 1.89 bits per heavy atom. The Morgan fingerprint density at radius 1 is 1.56 bits per heavy atom. The van der Waals surface area contributed by atoms with Crippen LogP contribution in [0, 0.1) is 7.43 Å². The molecule has 0 bridgehead atoms. The van der Waals surface area contributed by atoms with E-state index in [0.29, 0.717) is 6.61 Å². The third-order valence-corrected chi connectivity index (χ3v) is 0.348. The maximum atomic E-state index is 9.82. The second-order valence-electron chi connectivity index (χ2n) is 0.925. The second-order valence-corrected chi connectivity index (χ2v) is 0.925. The van der Waals surface area contributed by atoms with Crippen LogP contribution in [-0.4, -0.2) is 24.8 Å². The minimum absolute atomic E-state index is 0. The summed E-state index contributed by atoms with van der Waals surface area (Å²) >= 11 is 0. The molecule has 0 unspecified atom stereocenters. The number of esters is 1. The fourth-order valence-electron chi connectivity index (χ4n) is 0.203. The zero-order chi connectivity index (χ0) is 6.99. The van der Waals surface area contributed by atoms with Gasteiger partial charge in [0.15, 0.2) is 0 Å². The Morgan fingerprint density at radius 3 is 1.89 bits per heavy atom. The van der Waals surface area contributed by atoms with E-state index in [2.05, 4.69) is 4.74 Å². The zero-order valence-electron chi connectivity index (χ0n) is 6.18. The lowest BCUT2D eigenvalue weighted by molar-refractivity contribution is -0.140. The molecule has 0 spiro atoms. The van der Waals surface area contributed by atoms with Crippen LogP contribution in [0.1, 0.15) is 13.8 Å². The van der Waals surface area contributed by atoms with Crippen molar-refractivity contribution in [3.8, 4) is 0 Å². The lowest BCUT2D eigenvalue weighted by Gasteiger charge is -1.89. The number of rotatable bonds is 1. The van der Waals surface area contributed by atoms with Gasteiger partial charge in [-0.1, -0.05) is 7.43 Å². The van der Waals surface area contributed by atoms with Gasteiger partial charge in [0.2, 0.25) is 0 Å². The first kappa shape index (κ1) is 15.8. The second kappa shape index (κ2) is 15.7. The smallest absolute Gasteiger partial charge is 0.302 e. The molecule has 0 aromatic rings. The van der Waals surface area contributed by atoms with Gasteiger partial charge in [-0.2, -0.15) is 0 Å². The largest absolute Gasteiger partial charge is 0.466 e. The summed E-state index contributed by atoms with van der Waals surface area (Å²) in [7, 11) is 1.00. The predicted molar refractivity (Wildman–Crippen MR) is 35.8 cm³/mol. The van der Waals surface area contributed by atoms with E-state index in [1.807, 2.05) is 0 Å². The fourth-order valence-corrected chi connectivity index (χ4v) is 0.203. The van der Waals surface area contributed by atoms with Gasteiger partial charge in [0.1, 0.15) is 0 Å². The molecule has 9 heavy (non-hydrogen) atoms. The first-order valence-electron chi connectivity index (χ1n) is 2.35. The van der Waals surface area contributed by atoms with Crippen molar-refractivity contribution in [1.29, 1.82) is 0 Å². The van der Waals surface area contributed by atoms with Gasteiger partial charge in [0.05, 0.1) is 6.61 Å². The summed E-state index contributed by atoms with van der Waals surface area (Å²) in [5.74, 6) is -0.211. The molecule has 0 rings (SSSR count). The first-order chi connectivity index (χ1) is 3.77. The van der Waals surface area contributed by atoms with E-state index in [9.17, 15) is 4.79 Å². The molecule has 0 amide bonds. The molecule has 3 heteroatoms. The molecule has 1 N–H and O–H groups in total. The highest BCUT2D eigenvalue weighted by atomic mass is 16.5. The summed E-state index contributed by atoms with van der Waals surface area (Å²) in [5.41, 5.74) is 0. The normalized spacial score (nSPS) is 5.78. The third-order valence-electron chi connectivity index (χ3n) is 0.348. The van der Waals surface area contributed by atoms with Gasteiger partial charge in [-0.05, 0) is 6.92 Å². The van der Waals surface area contributed by atoms with Gasteiger partial charge in [0, 0.05) is 14.0 Å². The quantitative estimate of drug-likeness (QED) is 0.531. The molecule has 0 aliphatic heterocycles. The molecule has 0 fully saturated rings. The van der Waals surface area contributed by atoms with Crippen molar-refractivity contribution >= 4 is 5.97 Å². The summed E-state index contributed by atoms with van der Waals surface area (Å²) in [6.45, 7) is 3.65. The van der Waals surface area contributed by atoms with Gasteiger partial charge in [-0.25, -0.2) is 0 Å². The number of ether oxygens (including phenoxy) is 1. The Balaban J connectivity index is -0.000000109. The summed E-state index contributed by atoms with van der Waals surface area (Å²) < 4.78 is 4.40.